The van der Waals surface area contributed by atoms with Crippen molar-refractivity contribution in [1.82, 2.24) is 19.9 Å². The molecule has 2 aromatic carbocycles. The second-order valence-corrected chi connectivity index (χ2v) is 10.4. The van der Waals surface area contributed by atoms with Gasteiger partial charge in [-0.1, -0.05) is 76.2 Å². The van der Waals surface area contributed by atoms with E-state index in [9.17, 15) is 19.8 Å². The number of benzene rings is 2. The van der Waals surface area contributed by atoms with Gasteiger partial charge in [-0.05, 0) is 34.1 Å². The fourth-order valence-electron chi connectivity index (χ4n) is 4.70. The fraction of sp³-hybridized carbons (Fsp3) is 0.333. The standard InChI is InChI=1S/C30H34N4O4/c1-17(2)23(13-27(35)36)29-31-15-25(33-29)21-9-5-19(6-10-21)20-7-11-22(12-8-20)26-16-32-30(34-26)24(18(3)4)14-28(37)38/h5-12,15-18,23-24H,13-14H2,1-4H3,(H,31,33)(H,32,34)(H,35,36)(H,37,38)/t23-,24-/m0/s1. The number of H-pyrrole nitrogens is 2. The molecule has 0 saturated heterocycles. The predicted octanol–water partition coefficient (Wildman–Crippen LogP) is 6.56. The highest BCUT2D eigenvalue weighted by atomic mass is 16.4. The minimum Gasteiger partial charge on any atom is -0.481 e. The summed E-state index contributed by atoms with van der Waals surface area (Å²) in [6.07, 6.45) is 3.60. The summed E-state index contributed by atoms with van der Waals surface area (Å²) in [6.45, 7) is 8.01. The Bertz CT molecular complexity index is 1280. The lowest BCUT2D eigenvalue weighted by molar-refractivity contribution is -0.138. The molecule has 2 atom stereocenters. The smallest absolute Gasteiger partial charge is 0.304 e. The van der Waals surface area contributed by atoms with Crippen LogP contribution < -0.4 is 0 Å². The Morgan fingerprint density at radius 2 is 0.947 bits per heavy atom. The van der Waals surface area contributed by atoms with Gasteiger partial charge < -0.3 is 20.2 Å². The van der Waals surface area contributed by atoms with Crippen molar-refractivity contribution in [3.8, 4) is 33.6 Å². The number of carboxylic acids is 2. The Kier molecular flexibility index (Phi) is 8.10. The number of aromatic amines is 2. The van der Waals surface area contributed by atoms with Crippen LogP contribution in [0.15, 0.2) is 60.9 Å². The van der Waals surface area contributed by atoms with Gasteiger partial charge in [-0.3, -0.25) is 9.59 Å². The van der Waals surface area contributed by atoms with Gasteiger partial charge >= 0.3 is 11.9 Å². The average molecular weight is 515 g/mol. The highest BCUT2D eigenvalue weighted by Gasteiger charge is 2.23. The number of hydrogen-bond donors (Lipinski definition) is 4. The highest BCUT2D eigenvalue weighted by molar-refractivity contribution is 5.72. The summed E-state index contributed by atoms with van der Waals surface area (Å²) in [4.78, 5) is 38.1. The van der Waals surface area contributed by atoms with Gasteiger partial charge in [0.05, 0.1) is 36.6 Å². The molecule has 0 amide bonds. The maximum Gasteiger partial charge on any atom is 0.304 e. The molecule has 0 spiro atoms. The van der Waals surface area contributed by atoms with Crippen molar-refractivity contribution < 1.29 is 19.8 Å². The predicted molar refractivity (Wildman–Crippen MR) is 147 cm³/mol. The number of carboxylic acid groups (broad SMARTS) is 2. The van der Waals surface area contributed by atoms with E-state index in [0.29, 0.717) is 11.6 Å². The molecule has 4 rings (SSSR count). The molecule has 0 bridgehead atoms. The van der Waals surface area contributed by atoms with Crippen LogP contribution in [0.1, 0.15) is 64.0 Å². The van der Waals surface area contributed by atoms with E-state index in [0.717, 1.165) is 33.6 Å². The number of rotatable bonds is 11. The quantitative estimate of drug-likeness (QED) is 0.179. The van der Waals surface area contributed by atoms with Gasteiger partial charge in [0, 0.05) is 11.8 Å². The van der Waals surface area contributed by atoms with Crippen LogP contribution in [-0.2, 0) is 9.59 Å². The number of aliphatic carboxylic acids is 2. The first-order valence-corrected chi connectivity index (χ1v) is 12.9. The molecule has 0 fully saturated rings. The van der Waals surface area contributed by atoms with Gasteiger partial charge in [0.1, 0.15) is 11.6 Å². The molecule has 2 aromatic heterocycles. The van der Waals surface area contributed by atoms with Crippen molar-refractivity contribution in [3.05, 3.63) is 72.6 Å². The molecule has 0 aliphatic rings. The third-order valence-electron chi connectivity index (χ3n) is 7.02. The van der Waals surface area contributed by atoms with E-state index in [1.165, 1.54) is 0 Å². The third-order valence-corrected chi connectivity index (χ3v) is 7.02. The van der Waals surface area contributed by atoms with Crippen molar-refractivity contribution in [2.45, 2.75) is 52.4 Å². The summed E-state index contributed by atoms with van der Waals surface area (Å²) >= 11 is 0. The van der Waals surface area contributed by atoms with Crippen LogP contribution >= 0.6 is 0 Å². The van der Waals surface area contributed by atoms with E-state index in [2.05, 4.69) is 44.2 Å². The van der Waals surface area contributed by atoms with Gasteiger partial charge in [0.2, 0.25) is 0 Å². The van der Waals surface area contributed by atoms with E-state index in [4.69, 9.17) is 0 Å². The zero-order valence-corrected chi connectivity index (χ0v) is 22.1. The maximum atomic E-state index is 11.3. The number of hydrogen-bond acceptors (Lipinski definition) is 4. The SMILES string of the molecule is CC(C)[C@H](CC(=O)O)c1ncc(-c2ccc(-c3ccc(-c4cnc([C@@H](CC(=O)O)C(C)C)[nH]4)cc3)cc2)[nH]1. The minimum atomic E-state index is -0.831. The first-order valence-electron chi connectivity index (χ1n) is 12.9. The first kappa shape index (κ1) is 26.9. The molecule has 4 N–H and O–H groups in total. The molecule has 0 aliphatic heterocycles. The summed E-state index contributed by atoms with van der Waals surface area (Å²) in [7, 11) is 0. The Hall–Kier alpha value is -4.20. The zero-order chi connectivity index (χ0) is 27.4. The summed E-state index contributed by atoms with van der Waals surface area (Å²) in [5.41, 5.74) is 5.81. The van der Waals surface area contributed by atoms with E-state index in [1.807, 2.05) is 52.0 Å². The lowest BCUT2D eigenvalue weighted by Crippen LogP contribution is -2.13. The van der Waals surface area contributed by atoms with Crippen LogP contribution in [-0.4, -0.2) is 42.1 Å². The molecule has 4 aromatic rings. The summed E-state index contributed by atoms with van der Waals surface area (Å²) in [5.74, 6) is -0.290. The van der Waals surface area contributed by atoms with E-state index >= 15 is 0 Å². The molecule has 198 valence electrons. The van der Waals surface area contributed by atoms with Crippen molar-refractivity contribution >= 4 is 11.9 Å². The molecule has 2 heterocycles. The monoisotopic (exact) mass is 514 g/mol. The van der Waals surface area contributed by atoms with Crippen LogP contribution in [0.3, 0.4) is 0 Å². The number of imidazole rings is 2. The molecule has 0 unspecified atom stereocenters. The van der Waals surface area contributed by atoms with Crippen LogP contribution in [0.4, 0.5) is 0 Å². The molecular weight excluding hydrogens is 480 g/mol. The van der Waals surface area contributed by atoms with Gasteiger partial charge in [-0.25, -0.2) is 9.97 Å². The van der Waals surface area contributed by atoms with E-state index < -0.39 is 11.9 Å². The number of carbonyl (C=O) groups is 2. The molecular formula is C30H34N4O4. The van der Waals surface area contributed by atoms with Crippen LogP contribution in [0.5, 0.6) is 0 Å². The third kappa shape index (κ3) is 6.19. The Morgan fingerprint density at radius 1 is 0.632 bits per heavy atom. The number of nitrogens with one attached hydrogen (secondary N) is 2. The summed E-state index contributed by atoms with van der Waals surface area (Å²) in [6, 6.07) is 16.3. The van der Waals surface area contributed by atoms with Crippen LogP contribution in [0.25, 0.3) is 33.6 Å². The molecule has 8 heteroatoms. The van der Waals surface area contributed by atoms with Gasteiger partial charge in [-0.2, -0.15) is 0 Å². The van der Waals surface area contributed by atoms with Crippen molar-refractivity contribution in [3.63, 3.8) is 0 Å². The summed E-state index contributed by atoms with van der Waals surface area (Å²) < 4.78 is 0. The van der Waals surface area contributed by atoms with Crippen molar-refractivity contribution in [1.29, 1.82) is 0 Å². The number of aromatic nitrogens is 4. The summed E-state index contributed by atoms with van der Waals surface area (Å²) in [5, 5.41) is 18.5. The van der Waals surface area contributed by atoms with Crippen molar-refractivity contribution in [2.75, 3.05) is 0 Å². The molecule has 38 heavy (non-hydrogen) atoms. The Labute approximate surface area is 222 Å². The highest BCUT2D eigenvalue weighted by Crippen LogP contribution is 2.31. The van der Waals surface area contributed by atoms with Crippen LogP contribution in [0.2, 0.25) is 0 Å². The van der Waals surface area contributed by atoms with Crippen molar-refractivity contribution in [2.24, 2.45) is 11.8 Å². The topological polar surface area (TPSA) is 132 Å². The lowest BCUT2D eigenvalue weighted by atomic mass is 9.92. The molecule has 0 aliphatic carbocycles. The fourth-order valence-corrected chi connectivity index (χ4v) is 4.70. The van der Waals surface area contributed by atoms with Gasteiger partial charge in [0.25, 0.3) is 0 Å². The largest absolute Gasteiger partial charge is 0.481 e. The lowest BCUT2D eigenvalue weighted by Gasteiger charge is -2.16. The van der Waals surface area contributed by atoms with E-state index in [1.54, 1.807) is 12.4 Å². The minimum absolute atomic E-state index is 0.0417. The molecule has 0 radical (unpaired) electrons. The Morgan fingerprint density at radius 3 is 1.24 bits per heavy atom. The zero-order valence-electron chi connectivity index (χ0n) is 22.1. The average Bonchev–Trinajstić information content (AvgIpc) is 3.56. The molecule has 8 nitrogen and oxygen atoms in total. The van der Waals surface area contributed by atoms with Gasteiger partial charge in [-0.15, -0.1) is 0 Å². The van der Waals surface area contributed by atoms with Crippen LogP contribution in [0, 0.1) is 11.8 Å². The maximum absolute atomic E-state index is 11.3. The number of nitrogens with zero attached hydrogens (tertiary/aromatic N) is 2. The first-order chi connectivity index (χ1) is 18.1. The second kappa shape index (κ2) is 11.5. The molecule has 0 saturated carbocycles. The normalized spacial score (nSPS) is 13.1. The van der Waals surface area contributed by atoms with Gasteiger partial charge in [0.15, 0.2) is 0 Å². The van der Waals surface area contributed by atoms with E-state index in [-0.39, 0.29) is 36.5 Å². The second-order valence-electron chi connectivity index (χ2n) is 10.4. The Balaban J connectivity index is 1.48.